The van der Waals surface area contributed by atoms with E-state index in [1.807, 2.05) is 6.07 Å². The summed E-state index contributed by atoms with van der Waals surface area (Å²) in [5.74, 6) is 1.47. The lowest BCUT2D eigenvalue weighted by Gasteiger charge is -2.38. The van der Waals surface area contributed by atoms with Crippen molar-refractivity contribution in [2.45, 2.75) is 59.1 Å². The Balaban J connectivity index is 1.56. The van der Waals surface area contributed by atoms with Gasteiger partial charge < -0.3 is 15.2 Å². The second-order valence-electron chi connectivity index (χ2n) is 9.21. The Kier molecular flexibility index (Phi) is 3.70. The van der Waals surface area contributed by atoms with Gasteiger partial charge in [0.1, 0.15) is 5.75 Å². The van der Waals surface area contributed by atoms with Gasteiger partial charge in [0.2, 0.25) is 5.91 Å². The SMILES string of the molecule is CC1(C)C(C(=O)N[C@@H](c2ccc3c(c2)CCO3)C2CC(O)C2)C1(C)C. The largest absolute Gasteiger partial charge is 0.493 e. The van der Waals surface area contributed by atoms with Gasteiger partial charge in [0.25, 0.3) is 0 Å². The molecule has 136 valence electrons. The Labute approximate surface area is 150 Å². The van der Waals surface area contributed by atoms with Gasteiger partial charge in [-0.15, -0.1) is 0 Å². The van der Waals surface area contributed by atoms with Gasteiger partial charge in [-0.3, -0.25) is 4.79 Å². The standard InChI is InChI=1S/C21H29NO3/c1-20(2)18(21(20,3)4)19(24)22-17(14-10-15(23)11-14)13-5-6-16-12(9-13)7-8-25-16/h5-6,9,14-15,17-18,23H,7-8,10-11H2,1-4H3,(H,22,24)/t14?,15?,17-/m0/s1. The molecule has 4 heteroatoms. The molecule has 3 aliphatic rings. The van der Waals surface area contributed by atoms with Crippen LogP contribution in [0.1, 0.15) is 57.7 Å². The smallest absolute Gasteiger partial charge is 0.224 e. The molecule has 2 aliphatic carbocycles. The molecule has 1 atom stereocenters. The van der Waals surface area contributed by atoms with Gasteiger partial charge in [0.15, 0.2) is 0 Å². The van der Waals surface area contributed by atoms with Crippen molar-refractivity contribution in [3.05, 3.63) is 29.3 Å². The van der Waals surface area contributed by atoms with E-state index >= 15 is 0 Å². The van der Waals surface area contributed by atoms with E-state index in [1.54, 1.807) is 0 Å². The number of rotatable bonds is 4. The third kappa shape index (κ3) is 2.57. The molecule has 1 aliphatic heterocycles. The minimum absolute atomic E-state index is 0.0194. The van der Waals surface area contributed by atoms with E-state index in [4.69, 9.17) is 4.74 Å². The third-order valence-corrected chi connectivity index (χ3v) is 7.27. The van der Waals surface area contributed by atoms with Crippen molar-refractivity contribution < 1.29 is 14.6 Å². The summed E-state index contributed by atoms with van der Waals surface area (Å²) in [5.41, 5.74) is 2.44. The Morgan fingerprint density at radius 1 is 1.24 bits per heavy atom. The van der Waals surface area contributed by atoms with Crippen molar-refractivity contribution in [3.63, 3.8) is 0 Å². The molecule has 0 bridgehead atoms. The first-order valence-electron chi connectivity index (χ1n) is 9.46. The summed E-state index contributed by atoms with van der Waals surface area (Å²) in [6.07, 6.45) is 2.22. The maximum Gasteiger partial charge on any atom is 0.224 e. The highest BCUT2D eigenvalue weighted by atomic mass is 16.5. The van der Waals surface area contributed by atoms with E-state index in [2.05, 4.69) is 45.1 Å². The second kappa shape index (κ2) is 5.47. The van der Waals surface area contributed by atoms with Gasteiger partial charge in [0.05, 0.1) is 18.8 Å². The third-order valence-electron chi connectivity index (χ3n) is 7.27. The molecule has 0 spiro atoms. The summed E-state index contributed by atoms with van der Waals surface area (Å²) >= 11 is 0. The lowest BCUT2D eigenvalue weighted by atomic mass is 9.74. The molecule has 0 radical (unpaired) electrons. The molecule has 1 amide bonds. The van der Waals surface area contributed by atoms with E-state index in [1.165, 1.54) is 5.56 Å². The molecule has 2 saturated carbocycles. The highest BCUT2D eigenvalue weighted by Gasteiger charge is 2.68. The first kappa shape index (κ1) is 16.9. The molecule has 1 aromatic rings. The molecular formula is C21H29NO3. The Morgan fingerprint density at radius 3 is 2.52 bits per heavy atom. The fraction of sp³-hybridized carbons (Fsp3) is 0.667. The number of aliphatic hydroxyl groups is 1. The molecule has 1 aromatic carbocycles. The van der Waals surface area contributed by atoms with Crippen molar-refractivity contribution in [1.82, 2.24) is 5.32 Å². The van der Waals surface area contributed by atoms with Crippen LogP contribution in [-0.4, -0.2) is 23.7 Å². The quantitative estimate of drug-likeness (QED) is 0.882. The second-order valence-corrected chi connectivity index (χ2v) is 9.21. The lowest BCUT2D eigenvalue weighted by molar-refractivity contribution is -0.125. The summed E-state index contributed by atoms with van der Waals surface area (Å²) in [6, 6.07) is 6.26. The lowest BCUT2D eigenvalue weighted by Crippen LogP contribution is -2.42. The number of aliphatic hydroxyl groups excluding tert-OH is 1. The monoisotopic (exact) mass is 343 g/mol. The average Bonchev–Trinajstić information content (AvgIpc) is 2.85. The Bertz CT molecular complexity index is 689. The van der Waals surface area contributed by atoms with E-state index < -0.39 is 0 Å². The molecule has 4 rings (SSSR count). The fourth-order valence-corrected chi connectivity index (χ4v) is 4.86. The minimum atomic E-state index is -0.226. The van der Waals surface area contributed by atoms with Gasteiger partial charge in [-0.25, -0.2) is 0 Å². The van der Waals surface area contributed by atoms with Crippen LogP contribution in [0.2, 0.25) is 0 Å². The zero-order valence-electron chi connectivity index (χ0n) is 15.6. The van der Waals surface area contributed by atoms with E-state index in [9.17, 15) is 9.90 Å². The number of fused-ring (bicyclic) bond motifs is 1. The molecule has 2 fully saturated rings. The van der Waals surface area contributed by atoms with Crippen molar-refractivity contribution >= 4 is 5.91 Å². The number of ether oxygens (including phenoxy) is 1. The summed E-state index contributed by atoms with van der Waals surface area (Å²) in [7, 11) is 0. The van der Waals surface area contributed by atoms with Gasteiger partial charge in [-0.1, -0.05) is 33.8 Å². The van der Waals surface area contributed by atoms with Crippen LogP contribution in [0.25, 0.3) is 0 Å². The highest BCUT2D eigenvalue weighted by molar-refractivity contribution is 5.84. The predicted octanol–water partition coefficient (Wildman–Crippen LogP) is 3.23. The van der Waals surface area contributed by atoms with E-state index in [0.717, 1.165) is 37.2 Å². The van der Waals surface area contributed by atoms with Crippen molar-refractivity contribution in [2.24, 2.45) is 22.7 Å². The number of nitrogens with one attached hydrogen (secondary N) is 1. The number of benzene rings is 1. The summed E-state index contributed by atoms with van der Waals surface area (Å²) in [4.78, 5) is 13.0. The number of hydrogen-bond acceptors (Lipinski definition) is 3. The van der Waals surface area contributed by atoms with Crippen LogP contribution in [0.5, 0.6) is 5.75 Å². The molecule has 0 aromatic heterocycles. The highest BCUT2D eigenvalue weighted by Crippen LogP contribution is 2.68. The van der Waals surface area contributed by atoms with Crippen LogP contribution in [-0.2, 0) is 11.2 Å². The molecule has 0 saturated heterocycles. The Hall–Kier alpha value is -1.55. The van der Waals surface area contributed by atoms with Gasteiger partial charge in [-0.2, -0.15) is 0 Å². The van der Waals surface area contributed by atoms with Gasteiger partial charge >= 0.3 is 0 Å². The summed E-state index contributed by atoms with van der Waals surface area (Å²) in [5, 5.41) is 13.1. The number of hydrogen-bond donors (Lipinski definition) is 2. The molecule has 25 heavy (non-hydrogen) atoms. The molecular weight excluding hydrogens is 314 g/mol. The minimum Gasteiger partial charge on any atom is -0.493 e. The van der Waals surface area contributed by atoms with Crippen LogP contribution >= 0.6 is 0 Å². The maximum absolute atomic E-state index is 13.0. The predicted molar refractivity (Wildman–Crippen MR) is 96.3 cm³/mol. The number of carbonyl (C=O) groups excluding carboxylic acids is 1. The van der Waals surface area contributed by atoms with Gasteiger partial charge in [0, 0.05) is 12.3 Å². The summed E-state index contributed by atoms with van der Waals surface area (Å²) < 4.78 is 5.61. The molecule has 2 N–H and O–H groups in total. The summed E-state index contributed by atoms with van der Waals surface area (Å²) in [6.45, 7) is 9.43. The molecule has 0 unspecified atom stereocenters. The average molecular weight is 343 g/mol. The van der Waals surface area contributed by atoms with Crippen LogP contribution in [0.3, 0.4) is 0 Å². The zero-order chi connectivity index (χ0) is 18.0. The fourth-order valence-electron chi connectivity index (χ4n) is 4.86. The van der Waals surface area contributed by atoms with Crippen LogP contribution in [0, 0.1) is 22.7 Å². The zero-order valence-corrected chi connectivity index (χ0v) is 15.6. The van der Waals surface area contributed by atoms with Crippen LogP contribution < -0.4 is 10.1 Å². The maximum atomic E-state index is 13.0. The number of carbonyl (C=O) groups is 1. The number of amides is 1. The first-order chi connectivity index (χ1) is 11.7. The normalized spacial score (nSPS) is 30.0. The van der Waals surface area contributed by atoms with Crippen LogP contribution in [0.15, 0.2) is 18.2 Å². The van der Waals surface area contributed by atoms with E-state index in [0.29, 0.717) is 5.92 Å². The van der Waals surface area contributed by atoms with Crippen molar-refractivity contribution in [2.75, 3.05) is 6.61 Å². The van der Waals surface area contributed by atoms with Crippen molar-refractivity contribution in [1.29, 1.82) is 0 Å². The molecule has 1 heterocycles. The first-order valence-corrected chi connectivity index (χ1v) is 9.46. The topological polar surface area (TPSA) is 58.6 Å². The van der Waals surface area contributed by atoms with Gasteiger partial charge in [-0.05, 0) is 52.8 Å². The van der Waals surface area contributed by atoms with Crippen molar-refractivity contribution in [3.8, 4) is 5.75 Å². The van der Waals surface area contributed by atoms with E-state index in [-0.39, 0.29) is 34.8 Å². The van der Waals surface area contributed by atoms with Crippen LogP contribution in [0.4, 0.5) is 0 Å². The Morgan fingerprint density at radius 2 is 1.92 bits per heavy atom. The molecule has 4 nitrogen and oxygen atoms in total.